The number of hydrogen-bond donors (Lipinski definition) is 0. The predicted molar refractivity (Wildman–Crippen MR) is 113 cm³/mol. The summed E-state index contributed by atoms with van der Waals surface area (Å²) < 4.78 is 1.89. The van der Waals surface area contributed by atoms with E-state index in [0.717, 1.165) is 33.6 Å². The highest BCUT2D eigenvalue weighted by Gasteiger charge is 2.46. The Morgan fingerprint density at radius 1 is 0.966 bits per heavy atom. The third-order valence-electron chi connectivity index (χ3n) is 5.39. The van der Waals surface area contributed by atoms with Gasteiger partial charge in [-0.1, -0.05) is 88.7 Å². The summed E-state index contributed by atoms with van der Waals surface area (Å²) in [5.74, 6) is 0. The van der Waals surface area contributed by atoms with Gasteiger partial charge in [-0.15, -0.1) is 5.10 Å². The number of azide groups is 1. The molecule has 0 aliphatic carbocycles. The van der Waals surface area contributed by atoms with Gasteiger partial charge in [0.15, 0.2) is 0 Å². The third kappa shape index (κ3) is 2.54. The molecule has 0 amide bonds. The SMILES string of the molecule is [N-]=[N+]=NCC1(c2ccc(Cl)cc2)c2ccccc2-c2c(-c3ccccc3)nnn21. The van der Waals surface area contributed by atoms with Crippen LogP contribution in [0.5, 0.6) is 0 Å². The maximum atomic E-state index is 9.10. The molecule has 140 valence electrons. The zero-order chi connectivity index (χ0) is 19.8. The monoisotopic (exact) mass is 398 g/mol. The molecule has 2 heterocycles. The van der Waals surface area contributed by atoms with E-state index in [1.54, 1.807) is 0 Å². The molecule has 0 fully saturated rings. The van der Waals surface area contributed by atoms with E-state index in [4.69, 9.17) is 17.1 Å². The third-order valence-corrected chi connectivity index (χ3v) is 5.64. The molecule has 1 aromatic heterocycles. The van der Waals surface area contributed by atoms with Crippen LogP contribution in [-0.2, 0) is 5.54 Å². The number of nitrogens with zero attached hydrogens (tertiary/aromatic N) is 6. The van der Waals surface area contributed by atoms with Crippen molar-refractivity contribution < 1.29 is 0 Å². The second kappa shape index (κ2) is 6.78. The zero-order valence-electron chi connectivity index (χ0n) is 15.3. The van der Waals surface area contributed by atoms with E-state index in [2.05, 4.69) is 32.5 Å². The van der Waals surface area contributed by atoms with E-state index in [0.29, 0.717) is 5.02 Å². The largest absolute Gasteiger partial charge is 0.229 e. The molecule has 6 nitrogen and oxygen atoms in total. The van der Waals surface area contributed by atoms with Gasteiger partial charge in [0, 0.05) is 21.1 Å². The van der Waals surface area contributed by atoms with E-state index in [9.17, 15) is 0 Å². The highest BCUT2D eigenvalue weighted by Crippen LogP contribution is 2.49. The minimum Gasteiger partial charge on any atom is -0.229 e. The van der Waals surface area contributed by atoms with Crippen LogP contribution in [0.15, 0.2) is 84.0 Å². The lowest BCUT2D eigenvalue weighted by atomic mass is 9.83. The molecule has 0 bridgehead atoms. The lowest BCUT2D eigenvalue weighted by Crippen LogP contribution is -2.37. The average molecular weight is 399 g/mol. The van der Waals surface area contributed by atoms with Crippen molar-refractivity contribution in [2.75, 3.05) is 6.54 Å². The molecule has 1 aliphatic rings. The van der Waals surface area contributed by atoms with Crippen LogP contribution in [0.2, 0.25) is 5.02 Å². The smallest absolute Gasteiger partial charge is 0.121 e. The number of aromatic nitrogens is 3. The van der Waals surface area contributed by atoms with Crippen LogP contribution in [0.1, 0.15) is 11.1 Å². The van der Waals surface area contributed by atoms with Crippen molar-refractivity contribution in [3.05, 3.63) is 105 Å². The summed E-state index contributed by atoms with van der Waals surface area (Å²) in [7, 11) is 0. The van der Waals surface area contributed by atoms with Crippen LogP contribution in [-0.4, -0.2) is 21.5 Å². The van der Waals surface area contributed by atoms with Crippen molar-refractivity contribution in [2.45, 2.75) is 5.54 Å². The van der Waals surface area contributed by atoms with Crippen molar-refractivity contribution in [3.8, 4) is 22.5 Å². The number of fused-ring (bicyclic) bond motifs is 3. The van der Waals surface area contributed by atoms with Gasteiger partial charge in [-0.2, -0.15) is 0 Å². The Bertz CT molecular complexity index is 1240. The summed E-state index contributed by atoms with van der Waals surface area (Å²) >= 11 is 6.14. The van der Waals surface area contributed by atoms with Crippen molar-refractivity contribution in [2.24, 2.45) is 5.11 Å². The molecule has 1 unspecified atom stereocenters. The fraction of sp³-hybridized carbons (Fsp3) is 0.0909. The van der Waals surface area contributed by atoms with Crippen molar-refractivity contribution in [1.29, 1.82) is 0 Å². The summed E-state index contributed by atoms with van der Waals surface area (Å²) in [6, 6.07) is 25.6. The van der Waals surface area contributed by atoms with E-state index >= 15 is 0 Å². The molecule has 29 heavy (non-hydrogen) atoms. The fourth-order valence-electron chi connectivity index (χ4n) is 4.13. The number of hydrogen-bond acceptors (Lipinski definition) is 3. The van der Waals surface area contributed by atoms with Gasteiger partial charge in [0.25, 0.3) is 0 Å². The van der Waals surface area contributed by atoms with E-state index < -0.39 is 5.54 Å². The van der Waals surface area contributed by atoms with Crippen LogP contribution in [0.25, 0.3) is 33.0 Å². The van der Waals surface area contributed by atoms with Crippen molar-refractivity contribution in [3.63, 3.8) is 0 Å². The second-order valence-corrected chi connectivity index (χ2v) is 7.30. The Morgan fingerprint density at radius 2 is 1.69 bits per heavy atom. The summed E-state index contributed by atoms with van der Waals surface area (Å²) in [5.41, 5.74) is 14.0. The average Bonchev–Trinajstić information content (AvgIpc) is 3.32. The molecule has 0 saturated carbocycles. The molecule has 1 aliphatic heterocycles. The lowest BCUT2D eigenvalue weighted by molar-refractivity contribution is 0.407. The standard InChI is InChI=1S/C22H15ClN6/c23-17-12-10-16(11-13-17)22(14-25-27-24)19-9-5-4-8-18(19)21-20(26-28-29(21)22)15-6-2-1-3-7-15/h1-13H,14H2. The number of halogens is 1. The normalized spacial score (nSPS) is 16.7. The van der Waals surface area contributed by atoms with Crippen molar-refractivity contribution >= 4 is 11.6 Å². The molecule has 7 heteroatoms. The van der Waals surface area contributed by atoms with Gasteiger partial charge < -0.3 is 0 Å². The highest BCUT2D eigenvalue weighted by molar-refractivity contribution is 6.30. The molecule has 0 saturated heterocycles. The molecule has 0 N–H and O–H groups in total. The first-order valence-corrected chi connectivity index (χ1v) is 9.52. The number of rotatable bonds is 4. The Morgan fingerprint density at radius 3 is 2.45 bits per heavy atom. The highest BCUT2D eigenvalue weighted by atomic mass is 35.5. The van der Waals surface area contributed by atoms with Gasteiger partial charge in [-0.25, -0.2) is 4.68 Å². The minimum absolute atomic E-state index is 0.173. The van der Waals surface area contributed by atoms with Crippen molar-refractivity contribution in [1.82, 2.24) is 15.0 Å². The van der Waals surface area contributed by atoms with Gasteiger partial charge >= 0.3 is 0 Å². The minimum atomic E-state index is -0.789. The summed E-state index contributed by atoms with van der Waals surface area (Å²) in [6.07, 6.45) is 0. The lowest BCUT2D eigenvalue weighted by Gasteiger charge is -2.30. The molecule has 3 aromatic carbocycles. The maximum Gasteiger partial charge on any atom is 0.121 e. The van der Waals surface area contributed by atoms with Gasteiger partial charge in [-0.3, -0.25) is 0 Å². The van der Waals surface area contributed by atoms with Crippen LogP contribution < -0.4 is 0 Å². The molecule has 5 rings (SSSR count). The molecular formula is C22H15ClN6. The number of benzene rings is 3. The Labute approximate surface area is 172 Å². The quantitative estimate of drug-likeness (QED) is 0.252. The van der Waals surface area contributed by atoms with E-state index in [1.807, 2.05) is 71.4 Å². The fourth-order valence-corrected chi connectivity index (χ4v) is 4.25. The topological polar surface area (TPSA) is 79.5 Å². The summed E-state index contributed by atoms with van der Waals surface area (Å²) in [4.78, 5) is 3.04. The Hall–Kier alpha value is -3.60. The van der Waals surface area contributed by atoms with Gasteiger partial charge in [0.05, 0.1) is 12.2 Å². The summed E-state index contributed by atoms with van der Waals surface area (Å²) in [5, 5.41) is 13.7. The molecule has 1 atom stereocenters. The maximum absolute atomic E-state index is 9.10. The molecular weight excluding hydrogens is 384 g/mol. The summed E-state index contributed by atoms with van der Waals surface area (Å²) in [6.45, 7) is 0.173. The first-order chi connectivity index (χ1) is 14.3. The first-order valence-electron chi connectivity index (χ1n) is 9.14. The zero-order valence-corrected chi connectivity index (χ0v) is 16.0. The molecule has 4 aromatic rings. The first kappa shape index (κ1) is 17.5. The molecule has 0 radical (unpaired) electrons. The van der Waals surface area contributed by atoms with Crippen LogP contribution in [0.4, 0.5) is 0 Å². The van der Waals surface area contributed by atoms with E-state index in [-0.39, 0.29) is 6.54 Å². The van der Waals surface area contributed by atoms with Gasteiger partial charge in [-0.05, 0) is 28.8 Å². The molecule has 0 spiro atoms. The predicted octanol–water partition coefficient (Wildman–Crippen LogP) is 5.68. The van der Waals surface area contributed by atoms with E-state index in [1.165, 1.54) is 0 Å². The van der Waals surface area contributed by atoms with Crippen LogP contribution in [0, 0.1) is 0 Å². The second-order valence-electron chi connectivity index (χ2n) is 6.87. The Balaban J connectivity index is 1.85. The Kier molecular flexibility index (Phi) is 4.09. The van der Waals surface area contributed by atoms with Gasteiger partial charge in [0.1, 0.15) is 11.2 Å². The van der Waals surface area contributed by atoms with Crippen LogP contribution >= 0.6 is 11.6 Å². The van der Waals surface area contributed by atoms with Gasteiger partial charge in [0.2, 0.25) is 0 Å². The van der Waals surface area contributed by atoms with Crippen LogP contribution in [0.3, 0.4) is 0 Å².